The van der Waals surface area contributed by atoms with Crippen molar-refractivity contribution < 1.29 is 9.90 Å². The molecule has 0 aliphatic carbocycles. The van der Waals surface area contributed by atoms with Crippen LogP contribution < -0.4 is 5.32 Å². The lowest BCUT2D eigenvalue weighted by atomic mass is 9.97. The molecule has 0 amide bonds. The number of carboxylic acids is 1. The van der Waals surface area contributed by atoms with Crippen molar-refractivity contribution in [3.05, 3.63) is 34.9 Å². The normalized spacial score (nSPS) is 14.4. The van der Waals surface area contributed by atoms with Gasteiger partial charge in [0.2, 0.25) is 0 Å². The summed E-state index contributed by atoms with van der Waals surface area (Å²) in [5, 5.41) is 12.5. The molecule has 3 nitrogen and oxygen atoms in total. The van der Waals surface area contributed by atoms with E-state index in [1.807, 2.05) is 20.8 Å². The summed E-state index contributed by atoms with van der Waals surface area (Å²) < 4.78 is 0. The fraction of sp³-hybridized carbons (Fsp3) is 0.562. The van der Waals surface area contributed by atoms with Crippen LogP contribution in [0.15, 0.2) is 18.2 Å². The molecule has 0 radical (unpaired) electrons. The van der Waals surface area contributed by atoms with Gasteiger partial charge < -0.3 is 5.11 Å². The summed E-state index contributed by atoms with van der Waals surface area (Å²) in [5.74, 6) is -0.412. The topological polar surface area (TPSA) is 49.3 Å². The molecule has 0 bridgehead atoms. The number of hydrogen-bond acceptors (Lipinski definition) is 2. The maximum absolute atomic E-state index is 11.3. The maximum Gasteiger partial charge on any atom is 0.320 e. The SMILES string of the molecule is Cc1ccc(C)c(C(C)NC(CC(C)C)C(=O)O)c1. The molecule has 0 aliphatic heterocycles. The quantitative estimate of drug-likeness (QED) is 0.826. The molecule has 1 aromatic rings. The molecule has 0 aromatic heterocycles. The molecule has 19 heavy (non-hydrogen) atoms. The molecule has 0 aliphatic rings. The third-order valence-corrected chi connectivity index (χ3v) is 3.36. The van der Waals surface area contributed by atoms with E-state index >= 15 is 0 Å². The summed E-state index contributed by atoms with van der Waals surface area (Å²) in [5.41, 5.74) is 3.57. The van der Waals surface area contributed by atoms with Gasteiger partial charge in [-0.25, -0.2) is 0 Å². The van der Waals surface area contributed by atoms with Crippen LogP contribution in [0.1, 0.15) is 49.9 Å². The van der Waals surface area contributed by atoms with Crippen LogP contribution in [-0.2, 0) is 4.79 Å². The van der Waals surface area contributed by atoms with E-state index in [9.17, 15) is 9.90 Å². The second kappa shape index (κ2) is 6.71. The highest BCUT2D eigenvalue weighted by atomic mass is 16.4. The minimum absolute atomic E-state index is 0.0414. The average molecular weight is 263 g/mol. The van der Waals surface area contributed by atoms with E-state index in [4.69, 9.17) is 0 Å². The molecule has 0 heterocycles. The van der Waals surface area contributed by atoms with E-state index in [-0.39, 0.29) is 6.04 Å². The van der Waals surface area contributed by atoms with E-state index in [1.54, 1.807) is 0 Å². The van der Waals surface area contributed by atoms with Crippen LogP contribution in [0.5, 0.6) is 0 Å². The van der Waals surface area contributed by atoms with Gasteiger partial charge in [0.15, 0.2) is 0 Å². The Hall–Kier alpha value is -1.35. The van der Waals surface area contributed by atoms with Gasteiger partial charge in [0.25, 0.3) is 0 Å². The Balaban J connectivity index is 2.84. The number of carbonyl (C=O) groups is 1. The molecule has 1 aromatic carbocycles. The zero-order chi connectivity index (χ0) is 14.6. The second-order valence-corrected chi connectivity index (χ2v) is 5.77. The summed E-state index contributed by atoms with van der Waals surface area (Å²) in [6.07, 6.45) is 0.643. The van der Waals surface area contributed by atoms with E-state index in [2.05, 4.69) is 37.4 Å². The van der Waals surface area contributed by atoms with Gasteiger partial charge in [0, 0.05) is 6.04 Å². The maximum atomic E-state index is 11.3. The number of hydrogen-bond donors (Lipinski definition) is 2. The molecular weight excluding hydrogens is 238 g/mol. The van der Waals surface area contributed by atoms with Crippen molar-refractivity contribution in [3.63, 3.8) is 0 Å². The molecule has 0 fully saturated rings. The van der Waals surface area contributed by atoms with Crippen LogP contribution in [0, 0.1) is 19.8 Å². The van der Waals surface area contributed by atoms with Crippen LogP contribution in [-0.4, -0.2) is 17.1 Å². The Morgan fingerprint density at radius 3 is 2.42 bits per heavy atom. The van der Waals surface area contributed by atoms with Crippen LogP contribution in [0.3, 0.4) is 0 Å². The van der Waals surface area contributed by atoms with E-state index < -0.39 is 12.0 Å². The van der Waals surface area contributed by atoms with E-state index in [1.165, 1.54) is 16.7 Å². The van der Waals surface area contributed by atoms with Crippen LogP contribution in [0.2, 0.25) is 0 Å². The van der Waals surface area contributed by atoms with Gasteiger partial charge in [-0.2, -0.15) is 0 Å². The Morgan fingerprint density at radius 2 is 1.89 bits per heavy atom. The minimum Gasteiger partial charge on any atom is -0.480 e. The van der Waals surface area contributed by atoms with Gasteiger partial charge in [-0.3, -0.25) is 10.1 Å². The van der Waals surface area contributed by atoms with Crippen molar-refractivity contribution in [2.75, 3.05) is 0 Å². The van der Waals surface area contributed by atoms with Gasteiger partial charge in [-0.05, 0) is 44.2 Å². The van der Waals surface area contributed by atoms with E-state index in [0.717, 1.165) is 0 Å². The molecule has 2 atom stereocenters. The number of aliphatic carboxylic acids is 1. The fourth-order valence-electron chi connectivity index (χ4n) is 2.33. The predicted molar refractivity (Wildman–Crippen MR) is 78.3 cm³/mol. The number of benzene rings is 1. The van der Waals surface area contributed by atoms with Crippen molar-refractivity contribution in [1.82, 2.24) is 5.32 Å². The van der Waals surface area contributed by atoms with Crippen LogP contribution in [0.25, 0.3) is 0 Å². The van der Waals surface area contributed by atoms with Gasteiger partial charge in [0.1, 0.15) is 6.04 Å². The zero-order valence-corrected chi connectivity index (χ0v) is 12.5. The molecule has 0 saturated heterocycles. The smallest absolute Gasteiger partial charge is 0.320 e. The Kier molecular flexibility index (Phi) is 5.55. The van der Waals surface area contributed by atoms with Crippen LogP contribution in [0.4, 0.5) is 0 Å². The number of carboxylic acid groups (broad SMARTS) is 1. The number of rotatable bonds is 6. The molecule has 106 valence electrons. The lowest BCUT2D eigenvalue weighted by Gasteiger charge is -2.23. The van der Waals surface area contributed by atoms with Crippen molar-refractivity contribution in [2.24, 2.45) is 5.92 Å². The highest BCUT2D eigenvalue weighted by Gasteiger charge is 2.21. The molecule has 3 heteroatoms. The van der Waals surface area contributed by atoms with Crippen molar-refractivity contribution in [3.8, 4) is 0 Å². The first-order valence-electron chi connectivity index (χ1n) is 6.87. The molecule has 2 N–H and O–H groups in total. The van der Waals surface area contributed by atoms with Crippen molar-refractivity contribution >= 4 is 5.97 Å². The van der Waals surface area contributed by atoms with Gasteiger partial charge in [0.05, 0.1) is 0 Å². The third-order valence-electron chi connectivity index (χ3n) is 3.36. The predicted octanol–water partition coefficient (Wildman–Crippen LogP) is 3.45. The van der Waals surface area contributed by atoms with Crippen molar-refractivity contribution in [1.29, 1.82) is 0 Å². The lowest BCUT2D eigenvalue weighted by molar-refractivity contribution is -0.140. The Morgan fingerprint density at radius 1 is 1.26 bits per heavy atom. The summed E-state index contributed by atoms with van der Waals surface area (Å²) in [7, 11) is 0. The Bertz CT molecular complexity index is 440. The largest absolute Gasteiger partial charge is 0.480 e. The number of nitrogens with one attached hydrogen (secondary N) is 1. The lowest BCUT2D eigenvalue weighted by Crippen LogP contribution is -2.39. The third kappa shape index (κ3) is 4.67. The van der Waals surface area contributed by atoms with Gasteiger partial charge in [-0.1, -0.05) is 37.6 Å². The minimum atomic E-state index is -0.772. The summed E-state index contributed by atoms with van der Waals surface area (Å²) >= 11 is 0. The van der Waals surface area contributed by atoms with Gasteiger partial charge >= 0.3 is 5.97 Å². The van der Waals surface area contributed by atoms with Crippen molar-refractivity contribution in [2.45, 2.75) is 53.1 Å². The molecule has 0 saturated carbocycles. The van der Waals surface area contributed by atoms with Crippen LogP contribution >= 0.6 is 0 Å². The first-order chi connectivity index (χ1) is 8.81. The monoisotopic (exact) mass is 263 g/mol. The highest BCUT2D eigenvalue weighted by molar-refractivity contribution is 5.73. The summed E-state index contributed by atoms with van der Waals surface area (Å²) in [4.78, 5) is 11.3. The Labute approximate surface area is 116 Å². The molecule has 0 spiro atoms. The molecule has 1 rings (SSSR count). The zero-order valence-electron chi connectivity index (χ0n) is 12.5. The molecular formula is C16H25NO2. The van der Waals surface area contributed by atoms with E-state index in [0.29, 0.717) is 12.3 Å². The average Bonchev–Trinajstić information content (AvgIpc) is 2.30. The summed E-state index contributed by atoms with van der Waals surface area (Å²) in [6, 6.07) is 5.84. The standard InChI is InChI=1S/C16H25NO2/c1-10(2)8-15(16(18)19)17-13(5)14-9-11(3)6-7-12(14)4/h6-7,9-10,13,15,17H,8H2,1-5H3,(H,18,19). The summed E-state index contributed by atoms with van der Waals surface area (Å²) in [6.45, 7) is 10.2. The number of aryl methyl sites for hydroxylation is 2. The van der Waals surface area contributed by atoms with Gasteiger partial charge in [-0.15, -0.1) is 0 Å². The highest BCUT2D eigenvalue weighted by Crippen LogP contribution is 2.20. The fourth-order valence-corrected chi connectivity index (χ4v) is 2.33. The molecule has 2 unspecified atom stereocenters. The second-order valence-electron chi connectivity index (χ2n) is 5.77. The first kappa shape index (κ1) is 15.7. The first-order valence-corrected chi connectivity index (χ1v) is 6.87.